The molecule has 3 rings (SSSR count). The minimum absolute atomic E-state index is 0.153. The van der Waals surface area contributed by atoms with Gasteiger partial charge in [-0.05, 0) is 48.1 Å². The van der Waals surface area contributed by atoms with Crippen LogP contribution in [0.5, 0.6) is 11.5 Å². The monoisotopic (exact) mass is 346 g/mol. The van der Waals surface area contributed by atoms with Crippen LogP contribution in [0.2, 0.25) is 0 Å². The highest BCUT2D eigenvalue weighted by molar-refractivity contribution is 7.10. The average molecular weight is 346 g/mol. The molecule has 128 valence electrons. The van der Waals surface area contributed by atoms with Crippen LogP contribution in [0.3, 0.4) is 0 Å². The minimum atomic E-state index is -0.505. The summed E-state index contributed by atoms with van der Waals surface area (Å²) >= 11 is 1.85. The number of thiophene rings is 1. The van der Waals surface area contributed by atoms with E-state index in [1.165, 1.54) is 10.4 Å². The van der Waals surface area contributed by atoms with Gasteiger partial charge >= 0.3 is 0 Å². The maximum atomic E-state index is 10.9. The van der Waals surface area contributed by atoms with Crippen LogP contribution < -0.4 is 15.2 Å². The van der Waals surface area contributed by atoms with Gasteiger partial charge in [-0.1, -0.05) is 6.07 Å². The second-order valence-corrected chi connectivity index (χ2v) is 6.94. The second kappa shape index (κ2) is 7.23. The van der Waals surface area contributed by atoms with Crippen molar-refractivity contribution < 1.29 is 14.3 Å². The Morgan fingerprint density at radius 1 is 1.38 bits per heavy atom. The molecule has 0 bridgehead atoms. The average Bonchev–Trinajstić information content (AvgIpc) is 3.05. The lowest BCUT2D eigenvalue weighted by Crippen LogP contribution is -2.32. The molecule has 2 aromatic rings. The predicted molar refractivity (Wildman–Crippen MR) is 94.5 cm³/mol. The number of fused-ring (bicyclic) bond motifs is 1. The minimum Gasteiger partial charge on any atom is -0.493 e. The molecule has 1 aromatic carbocycles. The van der Waals surface area contributed by atoms with E-state index >= 15 is 0 Å². The van der Waals surface area contributed by atoms with E-state index in [1.54, 1.807) is 7.11 Å². The number of amides is 1. The first-order valence-electron chi connectivity index (χ1n) is 7.97. The molecular formula is C18H22N2O3S. The van der Waals surface area contributed by atoms with Gasteiger partial charge in [0.05, 0.1) is 7.11 Å². The Labute approximate surface area is 146 Å². The summed E-state index contributed by atoms with van der Waals surface area (Å²) in [6.07, 6.45) is 1.11. The lowest BCUT2D eigenvalue weighted by atomic mass is 10.0. The Hall–Kier alpha value is -2.05. The number of benzene rings is 1. The Balaban J connectivity index is 1.72. The summed E-state index contributed by atoms with van der Waals surface area (Å²) < 4.78 is 10.8. The van der Waals surface area contributed by atoms with E-state index in [-0.39, 0.29) is 6.61 Å². The summed E-state index contributed by atoms with van der Waals surface area (Å²) in [6, 6.07) is 8.46. The number of rotatable bonds is 6. The predicted octanol–water partition coefficient (Wildman–Crippen LogP) is 2.74. The molecule has 2 N–H and O–H groups in total. The third kappa shape index (κ3) is 3.55. The number of hydrogen-bond acceptors (Lipinski definition) is 5. The summed E-state index contributed by atoms with van der Waals surface area (Å²) in [5.74, 6) is 0.649. The number of methoxy groups -OCH3 is 1. The molecule has 24 heavy (non-hydrogen) atoms. The lowest BCUT2D eigenvalue weighted by Gasteiger charge is -2.33. The van der Waals surface area contributed by atoms with Crippen LogP contribution in [0.15, 0.2) is 29.6 Å². The van der Waals surface area contributed by atoms with Crippen molar-refractivity contribution in [1.82, 2.24) is 4.90 Å². The number of ether oxygens (including phenoxy) is 2. The quantitative estimate of drug-likeness (QED) is 0.873. The fraction of sp³-hybridized carbons (Fsp3) is 0.389. The Kier molecular flexibility index (Phi) is 5.06. The summed E-state index contributed by atoms with van der Waals surface area (Å²) in [5, 5.41) is 2.18. The maximum Gasteiger partial charge on any atom is 0.255 e. The van der Waals surface area contributed by atoms with Gasteiger partial charge in [-0.15, -0.1) is 11.3 Å². The Morgan fingerprint density at radius 3 is 2.96 bits per heavy atom. The Bertz CT molecular complexity index is 729. The molecule has 1 aromatic heterocycles. The van der Waals surface area contributed by atoms with Gasteiger partial charge in [-0.3, -0.25) is 9.69 Å². The second-order valence-electron chi connectivity index (χ2n) is 5.94. The molecule has 1 atom stereocenters. The number of hydrogen-bond donors (Lipinski definition) is 1. The van der Waals surface area contributed by atoms with Crippen LogP contribution in [0.25, 0.3) is 0 Å². The molecule has 1 unspecified atom stereocenters. The van der Waals surface area contributed by atoms with Crippen LogP contribution >= 0.6 is 11.3 Å². The smallest absolute Gasteiger partial charge is 0.255 e. The largest absolute Gasteiger partial charge is 0.493 e. The molecule has 0 saturated heterocycles. The third-order valence-corrected chi connectivity index (χ3v) is 5.38. The standard InChI is InChI=1S/C18H22N2O3S/c1-12-14-6-8-24-17(14)5-7-20(12)10-13-3-4-15(16(9-13)22-2)23-11-18(19)21/h3-4,6,8-9,12H,5,7,10-11H2,1-2H3,(H2,19,21). The van der Waals surface area contributed by atoms with Gasteiger partial charge in [0.2, 0.25) is 0 Å². The molecule has 0 spiro atoms. The highest BCUT2D eigenvalue weighted by Crippen LogP contribution is 2.35. The van der Waals surface area contributed by atoms with Gasteiger partial charge in [-0.25, -0.2) is 0 Å². The molecule has 1 amide bonds. The normalized spacial score (nSPS) is 17.3. The molecule has 1 aliphatic heterocycles. The first kappa shape index (κ1) is 16.8. The summed E-state index contributed by atoms with van der Waals surface area (Å²) in [5.41, 5.74) is 7.72. The van der Waals surface area contributed by atoms with Crippen molar-refractivity contribution in [3.63, 3.8) is 0 Å². The third-order valence-electron chi connectivity index (χ3n) is 4.39. The molecule has 0 saturated carbocycles. The first-order chi connectivity index (χ1) is 11.6. The summed E-state index contributed by atoms with van der Waals surface area (Å²) in [7, 11) is 1.59. The summed E-state index contributed by atoms with van der Waals surface area (Å²) in [6.45, 7) is 4.01. The molecule has 2 heterocycles. The van der Waals surface area contributed by atoms with Crippen LogP contribution in [-0.4, -0.2) is 31.1 Å². The van der Waals surface area contributed by atoms with E-state index in [2.05, 4.69) is 23.3 Å². The zero-order chi connectivity index (χ0) is 17.1. The SMILES string of the molecule is COc1cc(CN2CCc3sccc3C2C)ccc1OCC(N)=O. The van der Waals surface area contributed by atoms with Gasteiger partial charge in [0.15, 0.2) is 18.1 Å². The van der Waals surface area contributed by atoms with Crippen molar-refractivity contribution in [3.05, 3.63) is 45.6 Å². The lowest BCUT2D eigenvalue weighted by molar-refractivity contribution is -0.119. The van der Waals surface area contributed by atoms with Crippen molar-refractivity contribution in [3.8, 4) is 11.5 Å². The van der Waals surface area contributed by atoms with E-state index in [0.717, 1.165) is 25.1 Å². The van der Waals surface area contributed by atoms with Gasteiger partial charge in [0, 0.05) is 24.0 Å². The van der Waals surface area contributed by atoms with Crippen LogP contribution in [0.4, 0.5) is 0 Å². The molecule has 0 aliphatic carbocycles. The van der Waals surface area contributed by atoms with Crippen LogP contribution in [0.1, 0.15) is 29.0 Å². The number of carbonyl (C=O) groups is 1. The first-order valence-corrected chi connectivity index (χ1v) is 8.84. The zero-order valence-electron chi connectivity index (χ0n) is 14.0. The Morgan fingerprint density at radius 2 is 2.21 bits per heavy atom. The zero-order valence-corrected chi connectivity index (χ0v) is 14.8. The van der Waals surface area contributed by atoms with Crippen LogP contribution in [-0.2, 0) is 17.8 Å². The van der Waals surface area contributed by atoms with Crippen molar-refractivity contribution in [2.45, 2.75) is 25.9 Å². The van der Waals surface area contributed by atoms with E-state index in [9.17, 15) is 4.79 Å². The number of carbonyl (C=O) groups excluding carboxylic acids is 1. The number of nitrogens with two attached hydrogens (primary N) is 1. The van der Waals surface area contributed by atoms with Gasteiger partial charge in [0.25, 0.3) is 5.91 Å². The molecule has 0 fully saturated rings. The van der Waals surface area contributed by atoms with Crippen molar-refractivity contribution in [2.75, 3.05) is 20.3 Å². The topological polar surface area (TPSA) is 64.8 Å². The maximum absolute atomic E-state index is 10.9. The van der Waals surface area contributed by atoms with E-state index in [0.29, 0.717) is 17.5 Å². The van der Waals surface area contributed by atoms with E-state index in [4.69, 9.17) is 15.2 Å². The fourth-order valence-electron chi connectivity index (χ4n) is 3.09. The molecule has 0 radical (unpaired) electrons. The molecule has 5 nitrogen and oxygen atoms in total. The van der Waals surface area contributed by atoms with Crippen molar-refractivity contribution in [2.24, 2.45) is 5.73 Å². The van der Waals surface area contributed by atoms with Crippen molar-refractivity contribution >= 4 is 17.2 Å². The van der Waals surface area contributed by atoms with E-state index < -0.39 is 5.91 Å². The molecular weight excluding hydrogens is 324 g/mol. The van der Waals surface area contributed by atoms with Crippen LogP contribution in [0, 0.1) is 0 Å². The van der Waals surface area contributed by atoms with Crippen molar-refractivity contribution in [1.29, 1.82) is 0 Å². The number of primary amides is 1. The highest BCUT2D eigenvalue weighted by Gasteiger charge is 2.24. The van der Waals surface area contributed by atoms with E-state index in [1.807, 2.05) is 29.5 Å². The molecule has 1 aliphatic rings. The highest BCUT2D eigenvalue weighted by atomic mass is 32.1. The summed E-state index contributed by atoms with van der Waals surface area (Å²) in [4.78, 5) is 14.8. The number of nitrogens with zero attached hydrogens (tertiary/aromatic N) is 1. The van der Waals surface area contributed by atoms with Gasteiger partial charge < -0.3 is 15.2 Å². The van der Waals surface area contributed by atoms with Gasteiger partial charge in [-0.2, -0.15) is 0 Å². The fourth-order valence-corrected chi connectivity index (χ4v) is 4.05. The van der Waals surface area contributed by atoms with Gasteiger partial charge in [0.1, 0.15) is 0 Å². The molecule has 6 heteroatoms.